The molecule has 1 N–H and O–H groups in total. The molecule has 0 aromatic carbocycles. The predicted molar refractivity (Wildman–Crippen MR) is 61.6 cm³/mol. The summed E-state index contributed by atoms with van der Waals surface area (Å²) in [5.74, 6) is -0.0113. The molecule has 0 saturated carbocycles. The van der Waals surface area contributed by atoms with Crippen LogP contribution in [0.5, 0.6) is 0 Å². The molecule has 0 atom stereocenters. The van der Waals surface area contributed by atoms with Crippen LogP contribution in [0.1, 0.15) is 18.9 Å². The molecule has 1 amide bonds. The molecule has 3 nitrogen and oxygen atoms in total. The fourth-order valence-corrected chi connectivity index (χ4v) is 1.22. The van der Waals surface area contributed by atoms with E-state index in [1.165, 1.54) is 6.92 Å². The largest absolute Gasteiger partial charge is 0.356 e. The fourth-order valence-electron chi connectivity index (χ4n) is 1.05. The van der Waals surface area contributed by atoms with E-state index in [0.29, 0.717) is 11.6 Å². The third kappa shape index (κ3) is 4.61. The summed E-state index contributed by atoms with van der Waals surface area (Å²) in [6, 6.07) is 1.75. The first-order valence-electron chi connectivity index (χ1n) is 4.70. The molecular weight excluding hydrogens is 212 g/mol. The van der Waals surface area contributed by atoms with Gasteiger partial charge in [0.05, 0.1) is 5.02 Å². The van der Waals surface area contributed by atoms with Crippen molar-refractivity contribution in [3.8, 4) is 0 Å². The molecule has 0 aliphatic heterocycles. The zero-order valence-electron chi connectivity index (χ0n) is 8.53. The number of hydrogen-bond donors (Lipinski definition) is 1. The highest BCUT2D eigenvalue weighted by Crippen LogP contribution is 2.14. The third-order valence-electron chi connectivity index (χ3n) is 1.78. The Hall–Kier alpha value is -1.35. The maximum absolute atomic E-state index is 10.6. The summed E-state index contributed by atoms with van der Waals surface area (Å²) in [6.07, 6.45) is 8.00. The van der Waals surface area contributed by atoms with E-state index in [2.05, 4.69) is 10.3 Å². The highest BCUT2D eigenvalue weighted by Gasteiger charge is 1.93. The Morgan fingerprint density at radius 3 is 3.13 bits per heavy atom. The van der Waals surface area contributed by atoms with Gasteiger partial charge in [-0.3, -0.25) is 9.78 Å². The summed E-state index contributed by atoms with van der Waals surface area (Å²) in [7, 11) is 0. The SMILES string of the molecule is CC(=O)NCCC=Cc1cnccc1Cl. The van der Waals surface area contributed by atoms with Gasteiger partial charge in [0.1, 0.15) is 0 Å². The van der Waals surface area contributed by atoms with E-state index in [0.717, 1.165) is 12.0 Å². The summed E-state index contributed by atoms with van der Waals surface area (Å²) in [5.41, 5.74) is 0.891. The standard InChI is InChI=1S/C11H13ClN2O/c1-9(15)14-6-3-2-4-10-8-13-7-5-11(10)12/h2,4-5,7-8H,3,6H2,1H3,(H,14,15). The van der Waals surface area contributed by atoms with Crippen molar-refractivity contribution in [1.82, 2.24) is 10.3 Å². The molecule has 0 aliphatic rings. The first-order chi connectivity index (χ1) is 7.20. The van der Waals surface area contributed by atoms with Gasteiger partial charge < -0.3 is 5.32 Å². The second-order valence-electron chi connectivity index (χ2n) is 3.07. The zero-order chi connectivity index (χ0) is 11.1. The van der Waals surface area contributed by atoms with Crippen LogP contribution in [-0.2, 0) is 4.79 Å². The van der Waals surface area contributed by atoms with Crippen LogP contribution >= 0.6 is 11.6 Å². The molecule has 1 rings (SSSR count). The number of aromatic nitrogens is 1. The van der Waals surface area contributed by atoms with Gasteiger partial charge in [-0.05, 0) is 12.5 Å². The maximum Gasteiger partial charge on any atom is 0.216 e. The third-order valence-corrected chi connectivity index (χ3v) is 2.12. The Kier molecular flexibility index (Phi) is 4.84. The lowest BCUT2D eigenvalue weighted by atomic mass is 10.2. The molecule has 0 spiro atoms. The number of amides is 1. The molecule has 4 heteroatoms. The van der Waals surface area contributed by atoms with E-state index in [4.69, 9.17) is 11.6 Å². The van der Waals surface area contributed by atoms with E-state index >= 15 is 0 Å². The van der Waals surface area contributed by atoms with Crippen molar-refractivity contribution < 1.29 is 4.79 Å². The molecule has 0 fully saturated rings. The molecule has 1 aromatic heterocycles. The minimum Gasteiger partial charge on any atom is -0.356 e. The van der Waals surface area contributed by atoms with Crippen molar-refractivity contribution in [2.45, 2.75) is 13.3 Å². The average molecular weight is 225 g/mol. The monoisotopic (exact) mass is 224 g/mol. The van der Waals surface area contributed by atoms with Crippen LogP contribution in [0.25, 0.3) is 6.08 Å². The van der Waals surface area contributed by atoms with Gasteiger partial charge in [0.25, 0.3) is 0 Å². The van der Waals surface area contributed by atoms with Gasteiger partial charge in [-0.2, -0.15) is 0 Å². The summed E-state index contributed by atoms with van der Waals surface area (Å²) >= 11 is 5.93. The second-order valence-corrected chi connectivity index (χ2v) is 3.48. The van der Waals surface area contributed by atoms with Crippen molar-refractivity contribution in [1.29, 1.82) is 0 Å². The summed E-state index contributed by atoms with van der Waals surface area (Å²) in [5, 5.41) is 3.39. The van der Waals surface area contributed by atoms with Crippen LogP contribution in [0, 0.1) is 0 Å². The molecule has 0 radical (unpaired) electrons. The molecule has 0 unspecified atom stereocenters. The Labute approximate surface area is 94.2 Å². The minimum absolute atomic E-state index is 0.0113. The first-order valence-corrected chi connectivity index (χ1v) is 5.08. The lowest BCUT2D eigenvalue weighted by Crippen LogP contribution is -2.20. The maximum atomic E-state index is 10.6. The van der Waals surface area contributed by atoms with E-state index in [1.54, 1.807) is 18.5 Å². The number of nitrogens with one attached hydrogen (secondary N) is 1. The van der Waals surface area contributed by atoms with Gasteiger partial charge >= 0.3 is 0 Å². The number of nitrogens with zero attached hydrogens (tertiary/aromatic N) is 1. The molecule has 80 valence electrons. The predicted octanol–water partition coefficient (Wildman–Crippen LogP) is 2.27. The van der Waals surface area contributed by atoms with Crippen molar-refractivity contribution >= 4 is 23.6 Å². The zero-order valence-corrected chi connectivity index (χ0v) is 9.29. The Bertz CT molecular complexity index is 363. The van der Waals surface area contributed by atoms with Crippen molar-refractivity contribution in [2.75, 3.05) is 6.54 Å². The van der Waals surface area contributed by atoms with Gasteiger partial charge in [-0.15, -0.1) is 0 Å². The molecule has 1 heterocycles. The summed E-state index contributed by atoms with van der Waals surface area (Å²) in [4.78, 5) is 14.5. The fraction of sp³-hybridized carbons (Fsp3) is 0.273. The van der Waals surface area contributed by atoms with Crippen LogP contribution < -0.4 is 5.32 Å². The van der Waals surface area contributed by atoms with Crippen molar-refractivity contribution in [3.63, 3.8) is 0 Å². The molecule has 0 saturated heterocycles. The number of pyridine rings is 1. The lowest BCUT2D eigenvalue weighted by Gasteiger charge is -1.98. The molecule has 1 aromatic rings. The number of carbonyl (C=O) groups excluding carboxylic acids is 1. The number of carbonyl (C=O) groups is 1. The Morgan fingerprint density at radius 2 is 2.47 bits per heavy atom. The molecular formula is C11H13ClN2O. The smallest absolute Gasteiger partial charge is 0.216 e. The number of rotatable bonds is 4. The van der Waals surface area contributed by atoms with Gasteiger partial charge in [-0.25, -0.2) is 0 Å². The summed E-state index contributed by atoms with van der Waals surface area (Å²) < 4.78 is 0. The molecule has 0 aliphatic carbocycles. The summed E-state index contributed by atoms with van der Waals surface area (Å²) in [6.45, 7) is 2.14. The van der Waals surface area contributed by atoms with Crippen LogP contribution in [0.4, 0.5) is 0 Å². The van der Waals surface area contributed by atoms with Gasteiger partial charge in [0.2, 0.25) is 5.91 Å². The van der Waals surface area contributed by atoms with E-state index in [9.17, 15) is 4.79 Å². The Balaban J connectivity index is 2.38. The van der Waals surface area contributed by atoms with Crippen LogP contribution in [-0.4, -0.2) is 17.4 Å². The van der Waals surface area contributed by atoms with E-state index in [1.807, 2.05) is 12.2 Å². The van der Waals surface area contributed by atoms with Crippen molar-refractivity contribution in [3.05, 3.63) is 35.1 Å². The quantitative estimate of drug-likeness (QED) is 0.798. The molecule has 0 bridgehead atoms. The second kappa shape index (κ2) is 6.19. The number of halogens is 1. The number of hydrogen-bond acceptors (Lipinski definition) is 2. The van der Waals surface area contributed by atoms with E-state index in [-0.39, 0.29) is 5.91 Å². The van der Waals surface area contributed by atoms with Crippen molar-refractivity contribution in [2.24, 2.45) is 0 Å². The van der Waals surface area contributed by atoms with Gasteiger partial charge in [-0.1, -0.05) is 23.8 Å². The average Bonchev–Trinajstić information content (AvgIpc) is 2.20. The molecule has 15 heavy (non-hydrogen) atoms. The van der Waals surface area contributed by atoms with Crippen LogP contribution in [0.3, 0.4) is 0 Å². The van der Waals surface area contributed by atoms with Gasteiger partial charge in [0.15, 0.2) is 0 Å². The Morgan fingerprint density at radius 1 is 1.67 bits per heavy atom. The van der Waals surface area contributed by atoms with Crippen LogP contribution in [0.2, 0.25) is 5.02 Å². The highest BCUT2D eigenvalue weighted by molar-refractivity contribution is 6.32. The highest BCUT2D eigenvalue weighted by atomic mass is 35.5. The topological polar surface area (TPSA) is 42.0 Å². The lowest BCUT2D eigenvalue weighted by molar-refractivity contribution is -0.118. The van der Waals surface area contributed by atoms with Crippen LogP contribution in [0.15, 0.2) is 24.5 Å². The normalized spacial score (nSPS) is 10.5. The van der Waals surface area contributed by atoms with E-state index < -0.39 is 0 Å². The minimum atomic E-state index is -0.0113. The van der Waals surface area contributed by atoms with Gasteiger partial charge in [0, 0.05) is 31.4 Å². The first kappa shape index (κ1) is 11.7.